The van der Waals surface area contributed by atoms with Crippen LogP contribution in [-0.4, -0.2) is 29.0 Å². The van der Waals surface area contributed by atoms with E-state index in [2.05, 4.69) is 5.32 Å². The van der Waals surface area contributed by atoms with Gasteiger partial charge in [0.1, 0.15) is 0 Å². The fraction of sp³-hybridized carbons (Fsp3) is 0.333. The molecular weight excluding hydrogens is 310 g/mol. The standard InChI is InChI=1S/C18H21NO3S/c1-23-10-4-7-17(20)19-16(12-18(21)22)15-9-8-13-5-2-3-6-14(13)11-15/h2-3,5-6,8-9,11,16H,4,7,10,12H2,1H3,(H,19,20)(H,21,22)/t16-/m0/s1. The zero-order chi connectivity index (χ0) is 16.7. The molecular formula is C18H21NO3S. The van der Waals surface area contributed by atoms with Crippen LogP contribution >= 0.6 is 11.8 Å². The number of hydrogen-bond donors (Lipinski definition) is 2. The lowest BCUT2D eigenvalue weighted by molar-refractivity contribution is -0.137. The molecule has 0 unspecified atom stereocenters. The molecule has 0 fully saturated rings. The van der Waals surface area contributed by atoms with Crippen molar-refractivity contribution >= 4 is 34.4 Å². The molecule has 5 heteroatoms. The molecule has 122 valence electrons. The first-order valence-corrected chi connectivity index (χ1v) is 8.98. The molecule has 2 aromatic rings. The average Bonchev–Trinajstić information content (AvgIpc) is 2.53. The minimum absolute atomic E-state index is 0.0986. The monoisotopic (exact) mass is 331 g/mol. The van der Waals surface area contributed by atoms with Crippen LogP contribution in [0.15, 0.2) is 42.5 Å². The number of amides is 1. The van der Waals surface area contributed by atoms with E-state index in [0.717, 1.165) is 28.5 Å². The van der Waals surface area contributed by atoms with E-state index >= 15 is 0 Å². The second kappa shape index (κ2) is 8.58. The van der Waals surface area contributed by atoms with Gasteiger partial charge in [-0.2, -0.15) is 11.8 Å². The molecule has 0 aromatic heterocycles. The number of carboxylic acids is 1. The van der Waals surface area contributed by atoms with Crippen LogP contribution < -0.4 is 5.32 Å². The summed E-state index contributed by atoms with van der Waals surface area (Å²) in [6, 6.07) is 13.2. The summed E-state index contributed by atoms with van der Waals surface area (Å²) >= 11 is 1.70. The van der Waals surface area contributed by atoms with Gasteiger partial charge in [-0.3, -0.25) is 9.59 Å². The number of thioether (sulfide) groups is 1. The number of aliphatic carboxylic acids is 1. The van der Waals surface area contributed by atoms with Crippen molar-refractivity contribution in [3.05, 3.63) is 48.0 Å². The molecule has 1 amide bonds. The van der Waals surface area contributed by atoms with Crippen LogP contribution in [0.4, 0.5) is 0 Å². The lowest BCUT2D eigenvalue weighted by atomic mass is 9.99. The molecule has 23 heavy (non-hydrogen) atoms. The van der Waals surface area contributed by atoms with E-state index in [0.29, 0.717) is 6.42 Å². The Morgan fingerprint density at radius 3 is 2.61 bits per heavy atom. The first-order chi connectivity index (χ1) is 11.1. The van der Waals surface area contributed by atoms with E-state index in [1.807, 2.05) is 48.7 Å². The van der Waals surface area contributed by atoms with Gasteiger partial charge in [-0.15, -0.1) is 0 Å². The predicted molar refractivity (Wildman–Crippen MR) is 94.7 cm³/mol. The van der Waals surface area contributed by atoms with E-state index in [4.69, 9.17) is 5.11 Å². The minimum atomic E-state index is -0.924. The van der Waals surface area contributed by atoms with Crippen LogP contribution in [0.2, 0.25) is 0 Å². The highest BCUT2D eigenvalue weighted by molar-refractivity contribution is 7.98. The van der Waals surface area contributed by atoms with Gasteiger partial charge in [0.2, 0.25) is 5.91 Å². The Kier molecular flexibility index (Phi) is 6.47. The Bertz CT molecular complexity index is 687. The fourth-order valence-corrected chi connectivity index (χ4v) is 2.93. The summed E-state index contributed by atoms with van der Waals surface area (Å²) in [5.41, 5.74) is 0.823. The van der Waals surface area contributed by atoms with Gasteiger partial charge >= 0.3 is 5.97 Å². The Morgan fingerprint density at radius 2 is 1.91 bits per heavy atom. The predicted octanol–water partition coefficient (Wildman–Crippen LogP) is 3.62. The molecule has 4 nitrogen and oxygen atoms in total. The second-order valence-electron chi connectivity index (χ2n) is 5.42. The molecule has 2 rings (SSSR count). The Hall–Kier alpha value is -2.01. The molecule has 0 saturated carbocycles. The Labute approximate surface area is 140 Å². The third-order valence-corrected chi connectivity index (χ3v) is 4.34. The van der Waals surface area contributed by atoms with Crippen LogP contribution in [0.1, 0.15) is 30.9 Å². The summed E-state index contributed by atoms with van der Waals surface area (Å²) < 4.78 is 0. The van der Waals surface area contributed by atoms with Crippen molar-refractivity contribution in [3.63, 3.8) is 0 Å². The summed E-state index contributed by atoms with van der Waals surface area (Å²) in [5, 5.41) is 14.1. The molecule has 0 radical (unpaired) electrons. The molecule has 0 saturated heterocycles. The van der Waals surface area contributed by atoms with Crippen LogP contribution in [-0.2, 0) is 9.59 Å². The number of carboxylic acid groups (broad SMARTS) is 1. The Balaban J connectivity index is 2.15. The third kappa shape index (κ3) is 5.28. The van der Waals surface area contributed by atoms with Crippen LogP contribution in [0.5, 0.6) is 0 Å². The lowest BCUT2D eigenvalue weighted by Gasteiger charge is -2.18. The van der Waals surface area contributed by atoms with Gasteiger partial charge in [-0.05, 0) is 40.8 Å². The summed E-state index contributed by atoms with van der Waals surface area (Å²) in [4.78, 5) is 23.2. The summed E-state index contributed by atoms with van der Waals surface area (Å²) in [5.74, 6) is -0.0986. The second-order valence-corrected chi connectivity index (χ2v) is 6.41. The fourth-order valence-electron chi connectivity index (χ4n) is 2.49. The number of nitrogens with one attached hydrogen (secondary N) is 1. The van der Waals surface area contributed by atoms with Gasteiger partial charge in [-0.25, -0.2) is 0 Å². The number of carbonyl (C=O) groups excluding carboxylic acids is 1. The van der Waals surface area contributed by atoms with Crippen molar-refractivity contribution in [1.82, 2.24) is 5.32 Å². The molecule has 2 N–H and O–H groups in total. The number of fused-ring (bicyclic) bond motifs is 1. The van der Waals surface area contributed by atoms with Crippen molar-refractivity contribution in [2.75, 3.05) is 12.0 Å². The molecule has 0 heterocycles. The molecule has 1 atom stereocenters. The zero-order valence-electron chi connectivity index (χ0n) is 13.1. The number of carbonyl (C=O) groups is 2. The average molecular weight is 331 g/mol. The molecule has 0 aliphatic heterocycles. The maximum absolute atomic E-state index is 12.0. The SMILES string of the molecule is CSCCCC(=O)N[C@@H](CC(=O)O)c1ccc2ccccc2c1. The lowest BCUT2D eigenvalue weighted by Crippen LogP contribution is -2.30. The quantitative estimate of drug-likeness (QED) is 0.725. The maximum Gasteiger partial charge on any atom is 0.305 e. The molecule has 2 aromatic carbocycles. The van der Waals surface area contributed by atoms with Crippen molar-refractivity contribution in [3.8, 4) is 0 Å². The van der Waals surface area contributed by atoms with Crippen LogP contribution in [0.25, 0.3) is 10.8 Å². The topological polar surface area (TPSA) is 66.4 Å². The van der Waals surface area contributed by atoms with E-state index < -0.39 is 12.0 Å². The molecule has 0 aliphatic carbocycles. The highest BCUT2D eigenvalue weighted by Crippen LogP contribution is 2.23. The highest BCUT2D eigenvalue weighted by Gasteiger charge is 2.18. The minimum Gasteiger partial charge on any atom is -0.481 e. The van der Waals surface area contributed by atoms with Crippen molar-refractivity contribution in [2.45, 2.75) is 25.3 Å². The van der Waals surface area contributed by atoms with Gasteiger partial charge in [0.15, 0.2) is 0 Å². The summed E-state index contributed by atoms with van der Waals surface area (Å²) in [6.45, 7) is 0. The largest absolute Gasteiger partial charge is 0.481 e. The zero-order valence-corrected chi connectivity index (χ0v) is 13.9. The van der Waals surface area contributed by atoms with Gasteiger partial charge in [0.05, 0.1) is 12.5 Å². The summed E-state index contributed by atoms with van der Waals surface area (Å²) in [7, 11) is 0. The van der Waals surface area contributed by atoms with E-state index in [1.165, 1.54) is 0 Å². The first kappa shape index (κ1) is 17.3. The van der Waals surface area contributed by atoms with Crippen LogP contribution in [0, 0.1) is 0 Å². The highest BCUT2D eigenvalue weighted by atomic mass is 32.2. The van der Waals surface area contributed by atoms with Crippen molar-refractivity contribution in [2.24, 2.45) is 0 Å². The smallest absolute Gasteiger partial charge is 0.305 e. The van der Waals surface area contributed by atoms with E-state index in [9.17, 15) is 9.59 Å². The van der Waals surface area contributed by atoms with Crippen LogP contribution in [0.3, 0.4) is 0 Å². The number of benzene rings is 2. The van der Waals surface area contributed by atoms with Gasteiger partial charge in [0.25, 0.3) is 0 Å². The number of rotatable bonds is 8. The molecule has 0 aliphatic rings. The molecule has 0 bridgehead atoms. The summed E-state index contributed by atoms with van der Waals surface area (Å²) in [6.07, 6.45) is 3.10. The van der Waals surface area contributed by atoms with Crippen molar-refractivity contribution in [1.29, 1.82) is 0 Å². The maximum atomic E-state index is 12.0. The van der Waals surface area contributed by atoms with Gasteiger partial charge < -0.3 is 10.4 Å². The first-order valence-electron chi connectivity index (χ1n) is 7.59. The number of hydrogen-bond acceptors (Lipinski definition) is 3. The Morgan fingerprint density at radius 1 is 1.17 bits per heavy atom. The third-order valence-electron chi connectivity index (χ3n) is 3.64. The van der Waals surface area contributed by atoms with E-state index in [1.54, 1.807) is 11.8 Å². The van der Waals surface area contributed by atoms with Gasteiger partial charge in [-0.1, -0.05) is 36.4 Å². The van der Waals surface area contributed by atoms with Gasteiger partial charge in [0, 0.05) is 6.42 Å². The molecule has 0 spiro atoms. The van der Waals surface area contributed by atoms with E-state index in [-0.39, 0.29) is 12.3 Å². The normalized spacial score (nSPS) is 12.0. The van der Waals surface area contributed by atoms with Crippen molar-refractivity contribution < 1.29 is 14.7 Å².